The summed E-state index contributed by atoms with van der Waals surface area (Å²) in [6.07, 6.45) is 0. The molecule has 0 aliphatic rings. The third-order valence-corrected chi connectivity index (χ3v) is 5.30. The highest BCUT2D eigenvalue weighted by molar-refractivity contribution is 5.84. The van der Waals surface area contributed by atoms with Crippen LogP contribution >= 0.6 is 0 Å². The van der Waals surface area contributed by atoms with Crippen LogP contribution in [-0.2, 0) is 6.61 Å². The van der Waals surface area contributed by atoms with Gasteiger partial charge in [-0.05, 0) is 42.8 Å². The van der Waals surface area contributed by atoms with Crippen molar-refractivity contribution in [1.29, 1.82) is 0 Å². The predicted octanol–water partition coefficient (Wildman–Crippen LogP) is 5.37. The van der Waals surface area contributed by atoms with Crippen molar-refractivity contribution in [3.05, 3.63) is 82.2 Å². The summed E-state index contributed by atoms with van der Waals surface area (Å²) in [6, 6.07) is 18.3. The smallest absolute Gasteiger partial charge is 0.200 e. The van der Waals surface area contributed by atoms with Crippen LogP contribution in [0.2, 0.25) is 0 Å². The summed E-state index contributed by atoms with van der Waals surface area (Å²) in [6.45, 7) is 2.11. The molecule has 3 aromatic carbocycles. The second kappa shape index (κ2) is 9.06. The molecule has 164 valence electrons. The van der Waals surface area contributed by atoms with E-state index in [9.17, 15) is 4.79 Å². The van der Waals surface area contributed by atoms with E-state index in [1.807, 2.05) is 30.3 Å². The van der Waals surface area contributed by atoms with Gasteiger partial charge in [-0.15, -0.1) is 0 Å². The lowest BCUT2D eigenvalue weighted by atomic mass is 10.0. The van der Waals surface area contributed by atoms with Gasteiger partial charge in [0.15, 0.2) is 11.5 Å². The average molecular weight is 432 g/mol. The standard InChI is InChI=1S/C26H24O6/c1-16-25(17-9-12-22(29-3)24(13-17)30-4)26(27)20-11-10-19(14-23(20)32-16)31-15-18-7-5-6-8-21(18)28-2/h5-14H,15H2,1-4H3. The predicted molar refractivity (Wildman–Crippen MR) is 123 cm³/mol. The topological polar surface area (TPSA) is 67.1 Å². The third kappa shape index (κ3) is 3.99. The van der Waals surface area contributed by atoms with E-state index >= 15 is 0 Å². The maximum absolute atomic E-state index is 13.3. The molecule has 0 N–H and O–H groups in total. The first-order valence-electron chi connectivity index (χ1n) is 10.1. The molecule has 1 heterocycles. The first-order valence-corrected chi connectivity index (χ1v) is 10.1. The Kier molecular flexibility index (Phi) is 6.03. The van der Waals surface area contributed by atoms with Gasteiger partial charge in [0.25, 0.3) is 0 Å². The van der Waals surface area contributed by atoms with Crippen LogP contribution in [0, 0.1) is 6.92 Å². The lowest BCUT2D eigenvalue weighted by Crippen LogP contribution is -2.08. The zero-order chi connectivity index (χ0) is 22.7. The number of para-hydroxylation sites is 1. The maximum atomic E-state index is 13.3. The van der Waals surface area contributed by atoms with Gasteiger partial charge in [0.1, 0.15) is 29.4 Å². The van der Waals surface area contributed by atoms with Gasteiger partial charge in [0.05, 0.1) is 32.3 Å². The van der Waals surface area contributed by atoms with Crippen molar-refractivity contribution in [3.8, 4) is 34.1 Å². The number of methoxy groups -OCH3 is 3. The highest BCUT2D eigenvalue weighted by Crippen LogP contribution is 2.33. The highest BCUT2D eigenvalue weighted by Gasteiger charge is 2.16. The van der Waals surface area contributed by atoms with Crippen LogP contribution in [0.3, 0.4) is 0 Å². The minimum Gasteiger partial charge on any atom is -0.496 e. The fourth-order valence-electron chi connectivity index (χ4n) is 3.68. The van der Waals surface area contributed by atoms with Crippen molar-refractivity contribution >= 4 is 11.0 Å². The number of hydrogen-bond donors (Lipinski definition) is 0. The van der Waals surface area contributed by atoms with Gasteiger partial charge in [0.2, 0.25) is 5.43 Å². The Hall–Kier alpha value is -3.93. The van der Waals surface area contributed by atoms with Crippen molar-refractivity contribution in [2.45, 2.75) is 13.5 Å². The number of fused-ring (bicyclic) bond motifs is 1. The average Bonchev–Trinajstić information content (AvgIpc) is 2.82. The molecule has 0 saturated carbocycles. The maximum Gasteiger partial charge on any atom is 0.200 e. The number of ether oxygens (including phenoxy) is 4. The molecule has 0 aliphatic heterocycles. The summed E-state index contributed by atoms with van der Waals surface area (Å²) in [4.78, 5) is 13.3. The first kappa shape index (κ1) is 21.3. The molecule has 0 atom stereocenters. The van der Waals surface area contributed by atoms with E-state index in [0.717, 1.165) is 11.3 Å². The van der Waals surface area contributed by atoms with E-state index in [-0.39, 0.29) is 5.43 Å². The molecular formula is C26H24O6. The Balaban J connectivity index is 1.69. The molecule has 0 radical (unpaired) electrons. The van der Waals surface area contributed by atoms with Gasteiger partial charge in [0, 0.05) is 11.6 Å². The largest absolute Gasteiger partial charge is 0.496 e. The van der Waals surface area contributed by atoms with E-state index in [0.29, 0.717) is 51.7 Å². The summed E-state index contributed by atoms with van der Waals surface area (Å²) in [5.74, 6) is 3.01. The summed E-state index contributed by atoms with van der Waals surface area (Å²) in [5, 5.41) is 0.477. The van der Waals surface area contributed by atoms with E-state index in [4.69, 9.17) is 23.4 Å². The molecule has 1 aromatic heterocycles. The van der Waals surface area contributed by atoms with E-state index in [1.54, 1.807) is 58.6 Å². The molecule has 0 aliphatic carbocycles. The fraction of sp³-hybridized carbons (Fsp3) is 0.192. The second-order valence-electron chi connectivity index (χ2n) is 7.19. The molecular weight excluding hydrogens is 408 g/mol. The molecule has 0 spiro atoms. The van der Waals surface area contributed by atoms with Crippen LogP contribution in [0.25, 0.3) is 22.1 Å². The minimum absolute atomic E-state index is 0.118. The van der Waals surface area contributed by atoms with Crippen LogP contribution in [0.1, 0.15) is 11.3 Å². The van der Waals surface area contributed by atoms with E-state index < -0.39 is 0 Å². The lowest BCUT2D eigenvalue weighted by Gasteiger charge is -2.12. The Morgan fingerprint density at radius 3 is 2.31 bits per heavy atom. The minimum atomic E-state index is -0.118. The molecule has 0 unspecified atom stereocenters. The fourth-order valence-corrected chi connectivity index (χ4v) is 3.68. The third-order valence-electron chi connectivity index (χ3n) is 5.30. The molecule has 4 rings (SSSR count). The van der Waals surface area contributed by atoms with Gasteiger partial charge in [-0.25, -0.2) is 0 Å². The van der Waals surface area contributed by atoms with Crippen molar-refractivity contribution < 1.29 is 23.4 Å². The second-order valence-corrected chi connectivity index (χ2v) is 7.19. The summed E-state index contributed by atoms with van der Waals surface area (Å²) < 4.78 is 28.0. The number of aryl methyl sites for hydroxylation is 1. The lowest BCUT2D eigenvalue weighted by molar-refractivity contribution is 0.296. The number of hydrogen-bond acceptors (Lipinski definition) is 6. The Bertz CT molecular complexity index is 1320. The monoisotopic (exact) mass is 432 g/mol. The zero-order valence-corrected chi connectivity index (χ0v) is 18.4. The highest BCUT2D eigenvalue weighted by atomic mass is 16.5. The van der Waals surface area contributed by atoms with Gasteiger partial charge in [-0.2, -0.15) is 0 Å². The summed E-state index contributed by atoms with van der Waals surface area (Å²) >= 11 is 0. The Labute approximate surface area is 185 Å². The van der Waals surface area contributed by atoms with Crippen LogP contribution in [-0.4, -0.2) is 21.3 Å². The summed E-state index contributed by atoms with van der Waals surface area (Å²) in [7, 11) is 4.76. The van der Waals surface area contributed by atoms with Gasteiger partial charge in [-0.3, -0.25) is 4.79 Å². The molecule has 6 heteroatoms. The van der Waals surface area contributed by atoms with Crippen molar-refractivity contribution in [3.63, 3.8) is 0 Å². The first-order chi connectivity index (χ1) is 15.5. The molecule has 0 saturated heterocycles. The normalized spacial score (nSPS) is 10.8. The van der Waals surface area contributed by atoms with E-state index in [1.165, 1.54) is 0 Å². The van der Waals surface area contributed by atoms with Crippen LogP contribution in [0.15, 0.2) is 69.9 Å². The molecule has 32 heavy (non-hydrogen) atoms. The number of rotatable bonds is 7. The Morgan fingerprint density at radius 2 is 1.56 bits per heavy atom. The molecule has 0 bridgehead atoms. The molecule has 0 amide bonds. The molecule has 4 aromatic rings. The quantitative estimate of drug-likeness (QED) is 0.391. The van der Waals surface area contributed by atoms with Crippen molar-refractivity contribution in [2.75, 3.05) is 21.3 Å². The van der Waals surface area contributed by atoms with Crippen LogP contribution in [0.5, 0.6) is 23.0 Å². The zero-order valence-electron chi connectivity index (χ0n) is 18.4. The van der Waals surface area contributed by atoms with Crippen LogP contribution in [0.4, 0.5) is 0 Å². The van der Waals surface area contributed by atoms with Gasteiger partial charge in [-0.1, -0.05) is 24.3 Å². The van der Waals surface area contributed by atoms with Crippen molar-refractivity contribution in [1.82, 2.24) is 0 Å². The summed E-state index contributed by atoms with van der Waals surface area (Å²) in [5.41, 5.74) is 2.46. The van der Waals surface area contributed by atoms with Gasteiger partial charge < -0.3 is 23.4 Å². The van der Waals surface area contributed by atoms with E-state index in [2.05, 4.69) is 0 Å². The SMILES string of the molecule is COc1ccccc1COc1ccc2c(=O)c(-c3ccc(OC)c(OC)c3)c(C)oc2c1. The Morgan fingerprint density at radius 1 is 0.812 bits per heavy atom. The van der Waals surface area contributed by atoms with Gasteiger partial charge >= 0.3 is 0 Å². The number of benzene rings is 3. The van der Waals surface area contributed by atoms with Crippen LogP contribution < -0.4 is 24.4 Å². The van der Waals surface area contributed by atoms with Crippen molar-refractivity contribution in [2.24, 2.45) is 0 Å². The molecule has 0 fully saturated rings. The molecule has 6 nitrogen and oxygen atoms in total.